The first kappa shape index (κ1) is 12.0. The molecule has 84 valence electrons. The van der Waals surface area contributed by atoms with Crippen LogP contribution >= 0.6 is 0 Å². The van der Waals surface area contributed by atoms with E-state index in [0.29, 0.717) is 12.5 Å². The molecule has 1 aliphatic rings. The van der Waals surface area contributed by atoms with Crippen LogP contribution in [0.2, 0.25) is 0 Å². The first-order valence-electron chi connectivity index (χ1n) is 6.00. The van der Waals surface area contributed by atoms with Crippen molar-refractivity contribution in [2.45, 2.75) is 52.0 Å². The van der Waals surface area contributed by atoms with Crippen LogP contribution in [-0.4, -0.2) is 23.8 Å². The lowest BCUT2D eigenvalue weighted by atomic mass is 9.70. The van der Waals surface area contributed by atoms with E-state index in [1.807, 2.05) is 0 Å². The van der Waals surface area contributed by atoms with Gasteiger partial charge in [0, 0.05) is 5.54 Å². The van der Waals surface area contributed by atoms with Crippen LogP contribution in [0.5, 0.6) is 0 Å². The van der Waals surface area contributed by atoms with Gasteiger partial charge in [-0.1, -0.05) is 27.2 Å². The quantitative estimate of drug-likeness (QED) is 0.727. The molecule has 0 aromatic carbocycles. The van der Waals surface area contributed by atoms with E-state index < -0.39 is 0 Å². The molecule has 3 unspecified atom stereocenters. The molecule has 1 saturated carbocycles. The number of hydrogen-bond acceptors (Lipinski definition) is 2. The molecule has 0 aromatic rings. The number of hydrogen-bond donors (Lipinski definition) is 2. The fraction of sp³-hybridized carbons (Fsp3) is 1.00. The van der Waals surface area contributed by atoms with Gasteiger partial charge in [0.25, 0.3) is 0 Å². The van der Waals surface area contributed by atoms with Crippen molar-refractivity contribution in [1.82, 2.24) is 5.32 Å². The van der Waals surface area contributed by atoms with Gasteiger partial charge in [0.05, 0.1) is 6.61 Å². The number of rotatable bonds is 4. The maximum atomic E-state index is 9.59. The summed E-state index contributed by atoms with van der Waals surface area (Å²) in [7, 11) is 0. The molecule has 1 fully saturated rings. The Bertz CT molecular complexity index is 172. The Morgan fingerprint density at radius 2 is 2.07 bits per heavy atom. The number of nitrogens with one attached hydrogen (secondary N) is 1. The van der Waals surface area contributed by atoms with Crippen LogP contribution in [0, 0.1) is 11.8 Å². The van der Waals surface area contributed by atoms with E-state index in [4.69, 9.17) is 0 Å². The molecular formula is C12H25NO. The van der Waals surface area contributed by atoms with Crippen molar-refractivity contribution in [3.8, 4) is 0 Å². The first-order valence-corrected chi connectivity index (χ1v) is 6.00. The Hall–Kier alpha value is -0.0800. The van der Waals surface area contributed by atoms with Gasteiger partial charge in [0.2, 0.25) is 0 Å². The van der Waals surface area contributed by atoms with Gasteiger partial charge in [-0.05, 0) is 37.6 Å². The van der Waals surface area contributed by atoms with E-state index in [9.17, 15) is 5.11 Å². The standard InChI is InChI=1S/C12H25NO/c1-4-7-13-12(9-14)8-10(2)5-6-11(12)3/h10-11,13-14H,4-9H2,1-3H3. The molecule has 0 aromatic heterocycles. The molecule has 0 heterocycles. The second-order valence-electron chi connectivity index (χ2n) is 5.03. The summed E-state index contributed by atoms with van der Waals surface area (Å²) >= 11 is 0. The zero-order valence-electron chi connectivity index (χ0n) is 9.84. The van der Waals surface area contributed by atoms with Crippen molar-refractivity contribution < 1.29 is 5.11 Å². The summed E-state index contributed by atoms with van der Waals surface area (Å²) in [5, 5.41) is 13.2. The predicted octanol–water partition coefficient (Wildman–Crippen LogP) is 2.17. The Morgan fingerprint density at radius 1 is 1.36 bits per heavy atom. The molecule has 1 rings (SSSR count). The van der Waals surface area contributed by atoms with Gasteiger partial charge in [-0.15, -0.1) is 0 Å². The average Bonchev–Trinajstić information content (AvgIpc) is 2.20. The van der Waals surface area contributed by atoms with Gasteiger partial charge >= 0.3 is 0 Å². The van der Waals surface area contributed by atoms with Gasteiger partial charge in [-0.2, -0.15) is 0 Å². The summed E-state index contributed by atoms with van der Waals surface area (Å²) in [4.78, 5) is 0. The van der Waals surface area contributed by atoms with Crippen LogP contribution in [0.1, 0.15) is 46.5 Å². The minimum atomic E-state index is 0.00762. The summed E-state index contributed by atoms with van der Waals surface area (Å²) in [6, 6.07) is 0. The summed E-state index contributed by atoms with van der Waals surface area (Å²) in [5.74, 6) is 1.36. The van der Waals surface area contributed by atoms with Crippen molar-refractivity contribution in [1.29, 1.82) is 0 Å². The van der Waals surface area contributed by atoms with Gasteiger partial charge in [-0.25, -0.2) is 0 Å². The molecule has 14 heavy (non-hydrogen) atoms. The highest BCUT2D eigenvalue weighted by atomic mass is 16.3. The zero-order chi connectivity index (χ0) is 10.6. The Labute approximate surface area is 88.1 Å². The Balaban J connectivity index is 2.62. The molecule has 2 nitrogen and oxygen atoms in total. The predicted molar refractivity (Wildman–Crippen MR) is 60.3 cm³/mol. The highest BCUT2D eigenvalue weighted by Gasteiger charge is 2.39. The summed E-state index contributed by atoms with van der Waals surface area (Å²) in [6.45, 7) is 8.06. The highest BCUT2D eigenvalue weighted by molar-refractivity contribution is 4.96. The van der Waals surface area contributed by atoms with E-state index in [-0.39, 0.29) is 5.54 Å². The van der Waals surface area contributed by atoms with Gasteiger partial charge in [0.1, 0.15) is 0 Å². The summed E-state index contributed by atoms with van der Waals surface area (Å²) < 4.78 is 0. The van der Waals surface area contributed by atoms with Crippen molar-refractivity contribution in [2.24, 2.45) is 11.8 Å². The van der Waals surface area contributed by atoms with Crippen molar-refractivity contribution >= 4 is 0 Å². The van der Waals surface area contributed by atoms with E-state index >= 15 is 0 Å². The normalized spacial score (nSPS) is 38.6. The van der Waals surface area contributed by atoms with Crippen molar-refractivity contribution in [3.63, 3.8) is 0 Å². The van der Waals surface area contributed by atoms with Crippen LogP contribution in [0.25, 0.3) is 0 Å². The number of aliphatic hydroxyl groups excluding tert-OH is 1. The summed E-state index contributed by atoms with van der Waals surface area (Å²) in [5.41, 5.74) is 0.00762. The molecule has 2 N–H and O–H groups in total. The molecule has 0 spiro atoms. The Morgan fingerprint density at radius 3 is 2.64 bits per heavy atom. The zero-order valence-corrected chi connectivity index (χ0v) is 9.84. The third kappa shape index (κ3) is 2.48. The van der Waals surface area contributed by atoms with E-state index in [1.165, 1.54) is 12.8 Å². The minimum Gasteiger partial charge on any atom is -0.394 e. The lowest BCUT2D eigenvalue weighted by molar-refractivity contribution is 0.0544. The van der Waals surface area contributed by atoms with Crippen LogP contribution in [0.15, 0.2) is 0 Å². The van der Waals surface area contributed by atoms with Gasteiger partial charge < -0.3 is 10.4 Å². The molecule has 0 amide bonds. The molecule has 0 aliphatic heterocycles. The monoisotopic (exact) mass is 199 g/mol. The minimum absolute atomic E-state index is 0.00762. The third-order valence-electron chi connectivity index (χ3n) is 3.76. The van der Waals surface area contributed by atoms with Gasteiger partial charge in [-0.3, -0.25) is 0 Å². The first-order chi connectivity index (χ1) is 6.64. The van der Waals surface area contributed by atoms with Crippen LogP contribution in [0.4, 0.5) is 0 Å². The summed E-state index contributed by atoms with van der Waals surface area (Å²) in [6.07, 6.45) is 4.84. The molecule has 0 bridgehead atoms. The fourth-order valence-electron chi connectivity index (χ4n) is 2.63. The van der Waals surface area contributed by atoms with Crippen molar-refractivity contribution in [2.75, 3.05) is 13.2 Å². The molecule has 0 saturated heterocycles. The van der Waals surface area contributed by atoms with Crippen LogP contribution in [0.3, 0.4) is 0 Å². The third-order valence-corrected chi connectivity index (χ3v) is 3.76. The molecule has 1 aliphatic carbocycles. The SMILES string of the molecule is CCCNC1(CO)CC(C)CCC1C. The topological polar surface area (TPSA) is 32.3 Å². The van der Waals surface area contributed by atoms with Crippen LogP contribution < -0.4 is 5.32 Å². The fourth-order valence-corrected chi connectivity index (χ4v) is 2.63. The number of aliphatic hydroxyl groups is 1. The second kappa shape index (κ2) is 5.13. The van der Waals surface area contributed by atoms with E-state index in [2.05, 4.69) is 26.1 Å². The molecular weight excluding hydrogens is 174 g/mol. The highest BCUT2D eigenvalue weighted by Crippen LogP contribution is 2.36. The second-order valence-corrected chi connectivity index (χ2v) is 5.03. The largest absolute Gasteiger partial charge is 0.394 e. The van der Waals surface area contributed by atoms with Gasteiger partial charge in [0.15, 0.2) is 0 Å². The molecule has 3 atom stereocenters. The maximum absolute atomic E-state index is 9.59. The van der Waals surface area contributed by atoms with Crippen molar-refractivity contribution in [3.05, 3.63) is 0 Å². The average molecular weight is 199 g/mol. The molecule has 2 heteroatoms. The van der Waals surface area contributed by atoms with E-state index in [0.717, 1.165) is 25.3 Å². The Kier molecular flexibility index (Phi) is 4.39. The maximum Gasteiger partial charge on any atom is 0.0616 e. The van der Waals surface area contributed by atoms with E-state index in [1.54, 1.807) is 0 Å². The molecule has 0 radical (unpaired) electrons. The van der Waals surface area contributed by atoms with Crippen LogP contribution in [-0.2, 0) is 0 Å². The lowest BCUT2D eigenvalue weighted by Gasteiger charge is -2.44. The smallest absolute Gasteiger partial charge is 0.0616 e. The lowest BCUT2D eigenvalue weighted by Crippen LogP contribution is -2.56.